The van der Waals surface area contributed by atoms with Gasteiger partial charge in [0.2, 0.25) is 5.91 Å². The summed E-state index contributed by atoms with van der Waals surface area (Å²) in [7, 11) is 0. The number of carbonyl (C=O) groups is 1. The SMILES string of the molecule is CC1SC(CCC(C)N2C3CCC(OC(c4ccccc4)c4ccccc4)C2CC3)NC1=O. The highest BCUT2D eigenvalue weighted by atomic mass is 32.2. The van der Waals surface area contributed by atoms with E-state index in [2.05, 4.69) is 77.8 Å². The molecular weight excluding hydrogens is 428 g/mol. The van der Waals surface area contributed by atoms with Gasteiger partial charge < -0.3 is 10.1 Å². The van der Waals surface area contributed by atoms with Crippen molar-refractivity contribution in [2.75, 3.05) is 0 Å². The highest BCUT2D eigenvalue weighted by molar-refractivity contribution is 8.01. The van der Waals surface area contributed by atoms with Gasteiger partial charge in [-0.25, -0.2) is 0 Å². The smallest absolute Gasteiger partial charge is 0.233 e. The number of rotatable bonds is 8. The number of hydrogen-bond acceptors (Lipinski definition) is 4. The number of benzene rings is 2. The third-order valence-corrected chi connectivity index (χ3v) is 9.03. The molecule has 0 spiro atoms. The van der Waals surface area contributed by atoms with Crippen LogP contribution in [0.2, 0.25) is 0 Å². The Balaban J connectivity index is 1.28. The van der Waals surface area contributed by atoms with Gasteiger partial charge in [-0.2, -0.15) is 0 Å². The van der Waals surface area contributed by atoms with Crippen LogP contribution in [0.4, 0.5) is 0 Å². The van der Waals surface area contributed by atoms with Crippen molar-refractivity contribution < 1.29 is 9.53 Å². The van der Waals surface area contributed by atoms with Crippen LogP contribution in [0, 0.1) is 0 Å². The van der Waals surface area contributed by atoms with Gasteiger partial charge in [0.25, 0.3) is 0 Å². The highest BCUT2D eigenvalue weighted by Gasteiger charge is 2.45. The Morgan fingerprint density at radius 3 is 2.24 bits per heavy atom. The number of piperidine rings is 1. The number of nitrogens with one attached hydrogen (secondary N) is 1. The van der Waals surface area contributed by atoms with Crippen LogP contribution in [-0.4, -0.2) is 45.7 Å². The summed E-state index contributed by atoms with van der Waals surface area (Å²) in [5.41, 5.74) is 2.46. The molecule has 5 heteroatoms. The van der Waals surface area contributed by atoms with Gasteiger partial charge in [0.05, 0.1) is 16.7 Å². The Morgan fingerprint density at radius 2 is 1.64 bits per heavy atom. The van der Waals surface area contributed by atoms with Crippen molar-refractivity contribution in [1.82, 2.24) is 10.2 Å². The maximum Gasteiger partial charge on any atom is 0.233 e. The normalized spacial score (nSPS) is 30.5. The van der Waals surface area contributed by atoms with Gasteiger partial charge in [-0.3, -0.25) is 9.69 Å². The minimum Gasteiger partial charge on any atom is -0.364 e. The van der Waals surface area contributed by atoms with Crippen molar-refractivity contribution in [3.05, 3.63) is 71.8 Å². The average Bonchev–Trinajstić information content (AvgIpc) is 3.34. The van der Waals surface area contributed by atoms with E-state index in [9.17, 15) is 4.79 Å². The Labute approximate surface area is 202 Å². The van der Waals surface area contributed by atoms with E-state index < -0.39 is 0 Å². The van der Waals surface area contributed by atoms with Crippen LogP contribution < -0.4 is 5.32 Å². The van der Waals surface area contributed by atoms with Gasteiger partial charge in [-0.1, -0.05) is 60.7 Å². The van der Waals surface area contributed by atoms with Crippen molar-refractivity contribution in [1.29, 1.82) is 0 Å². The second-order valence-electron chi connectivity index (χ2n) is 9.90. The van der Waals surface area contributed by atoms with E-state index in [-0.39, 0.29) is 28.7 Å². The zero-order valence-electron chi connectivity index (χ0n) is 19.7. The summed E-state index contributed by atoms with van der Waals surface area (Å²) >= 11 is 1.78. The third-order valence-electron chi connectivity index (χ3n) is 7.73. The lowest BCUT2D eigenvalue weighted by Gasteiger charge is -2.44. The molecular formula is C28H36N2O2S. The number of nitrogens with zero attached hydrogens (tertiary/aromatic N) is 1. The fourth-order valence-corrected chi connectivity index (χ4v) is 7.22. The Bertz CT molecular complexity index is 885. The summed E-state index contributed by atoms with van der Waals surface area (Å²) < 4.78 is 6.98. The topological polar surface area (TPSA) is 41.6 Å². The number of hydrogen-bond donors (Lipinski definition) is 1. The Hall–Kier alpha value is -1.82. The van der Waals surface area contributed by atoms with Crippen LogP contribution in [0.1, 0.15) is 69.6 Å². The molecule has 0 aliphatic carbocycles. The average molecular weight is 465 g/mol. The van der Waals surface area contributed by atoms with Gasteiger partial charge in [0, 0.05) is 18.1 Å². The summed E-state index contributed by atoms with van der Waals surface area (Å²) in [6.45, 7) is 4.39. The molecule has 5 rings (SSSR count). The standard InChI is InChI=1S/C28H36N2O2S/c1-19(13-18-26-29-28(31)20(2)33-26)30-23-14-16-24(30)25(17-15-23)32-27(21-9-5-3-6-10-21)22-11-7-4-8-12-22/h3-12,19-20,23-27H,13-18H2,1-2H3,(H,29,31). The van der Waals surface area contributed by atoms with E-state index in [1.54, 1.807) is 11.8 Å². The molecule has 1 N–H and O–H groups in total. The zero-order valence-corrected chi connectivity index (χ0v) is 20.5. The second kappa shape index (κ2) is 10.2. The first kappa shape index (κ1) is 22.9. The first-order valence-corrected chi connectivity index (χ1v) is 13.5. The van der Waals surface area contributed by atoms with E-state index in [0.29, 0.717) is 18.1 Å². The van der Waals surface area contributed by atoms with Gasteiger partial charge in [0.15, 0.2) is 0 Å². The second-order valence-corrected chi connectivity index (χ2v) is 11.4. The molecule has 1 amide bonds. The Morgan fingerprint density at radius 1 is 1.00 bits per heavy atom. The van der Waals surface area contributed by atoms with Crippen LogP contribution in [0.15, 0.2) is 60.7 Å². The monoisotopic (exact) mass is 464 g/mol. The highest BCUT2D eigenvalue weighted by Crippen LogP contribution is 2.42. The zero-order chi connectivity index (χ0) is 22.8. The molecule has 0 saturated carbocycles. The molecule has 33 heavy (non-hydrogen) atoms. The molecule has 0 aromatic heterocycles. The number of fused-ring (bicyclic) bond motifs is 2. The quantitative estimate of drug-likeness (QED) is 0.557. The van der Waals surface area contributed by atoms with Gasteiger partial charge in [-0.15, -0.1) is 11.8 Å². The third kappa shape index (κ3) is 5.01. The molecule has 2 aromatic carbocycles. The molecule has 4 nitrogen and oxygen atoms in total. The minimum atomic E-state index is -0.0294. The van der Waals surface area contributed by atoms with E-state index in [0.717, 1.165) is 19.3 Å². The van der Waals surface area contributed by atoms with Gasteiger partial charge in [0.1, 0.15) is 6.10 Å². The van der Waals surface area contributed by atoms with E-state index in [4.69, 9.17) is 4.74 Å². The van der Waals surface area contributed by atoms with Crippen molar-refractivity contribution in [2.24, 2.45) is 0 Å². The fraction of sp³-hybridized carbons (Fsp3) is 0.536. The van der Waals surface area contributed by atoms with Crippen LogP contribution >= 0.6 is 11.8 Å². The maximum absolute atomic E-state index is 11.9. The Kier molecular flexibility index (Phi) is 7.10. The van der Waals surface area contributed by atoms with E-state index >= 15 is 0 Å². The lowest BCUT2D eigenvalue weighted by molar-refractivity contribution is -0.119. The molecule has 3 fully saturated rings. The van der Waals surface area contributed by atoms with E-state index in [1.165, 1.54) is 30.4 Å². The molecule has 176 valence electrons. The molecule has 3 aliphatic rings. The molecule has 2 bridgehead atoms. The largest absolute Gasteiger partial charge is 0.364 e. The maximum atomic E-state index is 11.9. The predicted octanol–water partition coefficient (Wildman–Crippen LogP) is 5.53. The molecule has 0 radical (unpaired) electrons. The predicted molar refractivity (Wildman–Crippen MR) is 135 cm³/mol. The lowest BCUT2D eigenvalue weighted by atomic mass is 9.95. The van der Waals surface area contributed by atoms with Crippen molar-refractivity contribution >= 4 is 17.7 Å². The van der Waals surface area contributed by atoms with Gasteiger partial charge in [-0.05, 0) is 63.5 Å². The van der Waals surface area contributed by atoms with Crippen LogP contribution in [0.25, 0.3) is 0 Å². The first-order chi connectivity index (χ1) is 16.1. The van der Waals surface area contributed by atoms with Crippen molar-refractivity contribution in [2.45, 2.75) is 93.3 Å². The number of amides is 1. The molecule has 3 heterocycles. The summed E-state index contributed by atoms with van der Waals surface area (Å²) in [6.07, 6.45) is 7.24. The molecule has 2 aromatic rings. The number of ether oxygens (including phenoxy) is 1. The molecule has 6 atom stereocenters. The fourth-order valence-electron chi connectivity index (χ4n) is 6.08. The molecule has 3 saturated heterocycles. The van der Waals surface area contributed by atoms with Crippen LogP contribution in [0.3, 0.4) is 0 Å². The van der Waals surface area contributed by atoms with Crippen LogP contribution in [-0.2, 0) is 9.53 Å². The number of thioether (sulfide) groups is 1. The first-order valence-electron chi connectivity index (χ1n) is 12.6. The van der Waals surface area contributed by atoms with Crippen molar-refractivity contribution in [3.63, 3.8) is 0 Å². The van der Waals surface area contributed by atoms with E-state index in [1.807, 2.05) is 6.92 Å². The minimum absolute atomic E-state index is 0.0294. The summed E-state index contributed by atoms with van der Waals surface area (Å²) in [5.74, 6) is 0.192. The van der Waals surface area contributed by atoms with Crippen LogP contribution in [0.5, 0.6) is 0 Å². The summed E-state index contributed by atoms with van der Waals surface area (Å²) in [6, 6.07) is 23.0. The molecule has 3 aliphatic heterocycles. The van der Waals surface area contributed by atoms with Gasteiger partial charge >= 0.3 is 0 Å². The molecule has 6 unspecified atom stereocenters. The summed E-state index contributed by atoms with van der Waals surface area (Å²) in [5, 5.41) is 3.51. The number of carbonyl (C=O) groups excluding carboxylic acids is 1. The van der Waals surface area contributed by atoms with Crippen molar-refractivity contribution in [3.8, 4) is 0 Å². The summed E-state index contributed by atoms with van der Waals surface area (Å²) in [4.78, 5) is 14.6. The lowest BCUT2D eigenvalue weighted by Crippen LogP contribution is -2.52.